The van der Waals surface area contributed by atoms with Crippen molar-refractivity contribution >= 4 is 11.9 Å². The number of likely N-dealkylation sites (tertiary alicyclic amines) is 1. The van der Waals surface area contributed by atoms with Gasteiger partial charge in [0.05, 0.1) is 32.8 Å². The summed E-state index contributed by atoms with van der Waals surface area (Å²) in [4.78, 5) is 27.2. The monoisotopic (exact) mass is 560 g/mol. The van der Waals surface area contributed by atoms with E-state index in [1.807, 2.05) is 13.8 Å². The van der Waals surface area contributed by atoms with E-state index in [0.29, 0.717) is 43.4 Å². The van der Waals surface area contributed by atoms with Crippen LogP contribution in [0.3, 0.4) is 0 Å². The van der Waals surface area contributed by atoms with E-state index in [1.165, 1.54) is 7.11 Å². The van der Waals surface area contributed by atoms with E-state index in [4.69, 9.17) is 23.7 Å². The Hall–Kier alpha value is -3.53. The molecule has 2 aromatic rings. The van der Waals surface area contributed by atoms with E-state index in [1.54, 1.807) is 44.2 Å². The largest absolute Gasteiger partial charge is 0.497 e. The third kappa shape index (κ3) is 8.74. The number of halogens is 1. The smallest absolute Gasteiger partial charge is 0.312 e. The Morgan fingerprint density at radius 1 is 0.950 bits per heavy atom. The van der Waals surface area contributed by atoms with E-state index in [0.717, 1.165) is 31.5 Å². The second kappa shape index (κ2) is 15.3. The number of benzene rings is 2. The van der Waals surface area contributed by atoms with Crippen molar-refractivity contribution in [1.29, 1.82) is 0 Å². The third-order valence-corrected chi connectivity index (χ3v) is 6.56. The first kappa shape index (κ1) is 31.0. The standard InChI is InChI=1S/C30H41FN2O7/c1-6-37-26-13-21(14-27(28(26)31)38-7-2)18-33-11-9-23(10-12-33)32-29(34)22-15-24(36-5)17-25(16-22)40-19-20(4)30(35)39-8-3/h13-17,20,23H,6-12,18-19H2,1-5H3,(H,32,34). The van der Waals surface area contributed by atoms with Gasteiger partial charge in [-0.2, -0.15) is 4.39 Å². The number of amides is 1. The molecule has 1 heterocycles. The van der Waals surface area contributed by atoms with Gasteiger partial charge in [-0.15, -0.1) is 0 Å². The SMILES string of the molecule is CCOC(=O)C(C)COc1cc(OC)cc(C(=O)NC2CCN(Cc3cc(OCC)c(F)c(OCC)c3)CC2)c1. The molecule has 3 rings (SSSR count). The summed E-state index contributed by atoms with van der Waals surface area (Å²) in [7, 11) is 1.52. The van der Waals surface area contributed by atoms with Crippen molar-refractivity contribution in [2.75, 3.05) is 46.6 Å². The minimum Gasteiger partial charge on any atom is -0.497 e. The molecule has 9 nitrogen and oxygen atoms in total. The topological polar surface area (TPSA) is 95.6 Å². The fourth-order valence-corrected chi connectivity index (χ4v) is 4.48. The lowest BCUT2D eigenvalue weighted by molar-refractivity contribution is -0.148. The molecule has 1 aliphatic heterocycles. The number of carbonyl (C=O) groups is 2. The van der Waals surface area contributed by atoms with Crippen LogP contribution in [0, 0.1) is 11.7 Å². The van der Waals surface area contributed by atoms with Crippen molar-refractivity contribution in [1.82, 2.24) is 10.2 Å². The van der Waals surface area contributed by atoms with Gasteiger partial charge in [0.15, 0.2) is 11.5 Å². The van der Waals surface area contributed by atoms with Crippen LogP contribution >= 0.6 is 0 Å². The lowest BCUT2D eigenvalue weighted by Crippen LogP contribution is -2.44. The van der Waals surface area contributed by atoms with Gasteiger partial charge in [-0.3, -0.25) is 14.5 Å². The van der Waals surface area contributed by atoms with Gasteiger partial charge in [-0.1, -0.05) is 0 Å². The highest BCUT2D eigenvalue weighted by atomic mass is 19.1. The molecule has 0 aliphatic carbocycles. The van der Waals surface area contributed by atoms with Crippen LogP contribution in [-0.4, -0.2) is 69.4 Å². The molecule has 1 amide bonds. The third-order valence-electron chi connectivity index (χ3n) is 6.56. The van der Waals surface area contributed by atoms with Crippen molar-refractivity contribution in [3.8, 4) is 23.0 Å². The second-order valence-electron chi connectivity index (χ2n) is 9.66. The lowest BCUT2D eigenvalue weighted by Gasteiger charge is -2.32. The quantitative estimate of drug-likeness (QED) is 0.335. The van der Waals surface area contributed by atoms with Crippen molar-refractivity contribution < 1.29 is 37.7 Å². The number of hydrogen-bond donors (Lipinski definition) is 1. The van der Waals surface area contributed by atoms with Crippen LogP contribution in [0.25, 0.3) is 0 Å². The van der Waals surface area contributed by atoms with Gasteiger partial charge < -0.3 is 29.0 Å². The van der Waals surface area contributed by atoms with Crippen LogP contribution in [0.1, 0.15) is 56.5 Å². The van der Waals surface area contributed by atoms with E-state index < -0.39 is 11.7 Å². The van der Waals surface area contributed by atoms with E-state index in [-0.39, 0.29) is 36.0 Å². The fourth-order valence-electron chi connectivity index (χ4n) is 4.48. The zero-order valence-electron chi connectivity index (χ0n) is 24.1. The molecule has 10 heteroatoms. The Labute approximate surface area is 235 Å². The molecule has 220 valence electrons. The Balaban J connectivity index is 1.57. The van der Waals surface area contributed by atoms with E-state index in [9.17, 15) is 14.0 Å². The summed E-state index contributed by atoms with van der Waals surface area (Å²) in [5, 5.41) is 3.12. The molecule has 1 fully saturated rings. The highest BCUT2D eigenvalue weighted by Gasteiger charge is 2.23. The van der Waals surface area contributed by atoms with E-state index in [2.05, 4.69) is 10.2 Å². The van der Waals surface area contributed by atoms with Gasteiger partial charge >= 0.3 is 5.97 Å². The maximum absolute atomic E-state index is 14.6. The number of carbonyl (C=O) groups excluding carboxylic acids is 2. The van der Waals surface area contributed by atoms with Crippen molar-refractivity contribution in [2.45, 2.75) is 53.1 Å². The van der Waals surface area contributed by atoms with E-state index >= 15 is 0 Å². The first-order chi connectivity index (χ1) is 19.3. The molecular weight excluding hydrogens is 519 g/mol. The molecule has 1 unspecified atom stereocenters. The number of esters is 1. The number of hydrogen-bond acceptors (Lipinski definition) is 8. The molecule has 0 bridgehead atoms. The first-order valence-corrected chi connectivity index (χ1v) is 13.9. The molecule has 1 atom stereocenters. The summed E-state index contributed by atoms with van der Waals surface area (Å²) in [6.45, 7) is 10.4. The normalized spacial score (nSPS) is 14.8. The number of methoxy groups -OCH3 is 1. The maximum atomic E-state index is 14.6. The average molecular weight is 561 g/mol. The van der Waals surface area contributed by atoms with Crippen molar-refractivity contribution in [3.63, 3.8) is 0 Å². The minimum absolute atomic E-state index is 0.00865. The van der Waals surface area contributed by atoms with Crippen molar-refractivity contribution in [3.05, 3.63) is 47.3 Å². The summed E-state index contributed by atoms with van der Waals surface area (Å²) in [6, 6.07) is 8.44. The van der Waals surface area contributed by atoms with Gasteiger partial charge in [-0.25, -0.2) is 0 Å². The molecule has 0 aromatic heterocycles. The van der Waals surface area contributed by atoms with Crippen LogP contribution in [0.4, 0.5) is 4.39 Å². The molecule has 0 spiro atoms. The summed E-state index contributed by atoms with van der Waals surface area (Å²) in [6.07, 6.45) is 1.54. The number of rotatable bonds is 14. The number of nitrogens with one attached hydrogen (secondary N) is 1. The highest BCUT2D eigenvalue weighted by Crippen LogP contribution is 2.30. The van der Waals surface area contributed by atoms with Crippen LogP contribution in [0.5, 0.6) is 23.0 Å². The molecule has 1 saturated heterocycles. The Bertz CT molecular complexity index is 1110. The predicted octanol–water partition coefficient (Wildman–Crippen LogP) is 4.60. The summed E-state index contributed by atoms with van der Waals surface area (Å²) in [5.74, 6) is -0.162. The highest BCUT2D eigenvalue weighted by molar-refractivity contribution is 5.95. The fraction of sp³-hybridized carbons (Fsp3) is 0.533. The van der Waals surface area contributed by atoms with Gasteiger partial charge in [0.2, 0.25) is 5.82 Å². The number of ether oxygens (including phenoxy) is 5. The predicted molar refractivity (Wildman–Crippen MR) is 149 cm³/mol. The molecule has 1 N–H and O–H groups in total. The summed E-state index contributed by atoms with van der Waals surface area (Å²) in [5.41, 5.74) is 1.33. The minimum atomic E-state index is -0.478. The maximum Gasteiger partial charge on any atom is 0.312 e. The zero-order chi connectivity index (χ0) is 29.1. The first-order valence-electron chi connectivity index (χ1n) is 13.9. The van der Waals surface area contributed by atoms with Gasteiger partial charge in [-0.05, 0) is 70.4 Å². The molecule has 0 radical (unpaired) electrons. The number of piperidine rings is 1. The molecule has 1 aliphatic rings. The zero-order valence-corrected chi connectivity index (χ0v) is 24.1. The Morgan fingerprint density at radius 3 is 2.15 bits per heavy atom. The van der Waals surface area contributed by atoms with Gasteiger partial charge in [0.25, 0.3) is 5.91 Å². The molecule has 2 aromatic carbocycles. The van der Waals surface area contributed by atoms with Crippen LogP contribution in [0.2, 0.25) is 0 Å². The van der Waals surface area contributed by atoms with Crippen LogP contribution in [0.15, 0.2) is 30.3 Å². The van der Waals surface area contributed by atoms with Crippen molar-refractivity contribution in [2.24, 2.45) is 5.92 Å². The summed E-state index contributed by atoms with van der Waals surface area (Å²) >= 11 is 0. The van der Waals surface area contributed by atoms with Crippen LogP contribution in [-0.2, 0) is 16.1 Å². The number of nitrogens with zero attached hydrogens (tertiary/aromatic N) is 1. The lowest BCUT2D eigenvalue weighted by atomic mass is 10.0. The second-order valence-corrected chi connectivity index (χ2v) is 9.66. The molecule has 40 heavy (non-hydrogen) atoms. The molecule has 0 saturated carbocycles. The van der Waals surface area contributed by atoms with Gasteiger partial charge in [0.1, 0.15) is 18.1 Å². The average Bonchev–Trinajstić information content (AvgIpc) is 2.95. The Morgan fingerprint density at radius 2 is 1.57 bits per heavy atom. The van der Waals surface area contributed by atoms with Crippen LogP contribution < -0.4 is 24.3 Å². The van der Waals surface area contributed by atoms with Gasteiger partial charge in [0, 0.05) is 37.3 Å². The Kier molecular flexibility index (Phi) is 11.9. The summed E-state index contributed by atoms with van der Waals surface area (Å²) < 4.78 is 41.7. The molecular formula is C30H41FN2O7.